The number of nitrogens with one attached hydrogen (secondary N) is 1. The summed E-state index contributed by atoms with van der Waals surface area (Å²) in [6, 6.07) is 0.749. The first kappa shape index (κ1) is 14.5. The zero-order valence-electron chi connectivity index (χ0n) is 10.5. The summed E-state index contributed by atoms with van der Waals surface area (Å²) in [5.41, 5.74) is -0.339. The highest BCUT2D eigenvalue weighted by Crippen LogP contribution is 2.33. The van der Waals surface area contributed by atoms with Gasteiger partial charge in [-0.05, 0) is 25.5 Å². The molecule has 0 saturated carbocycles. The minimum absolute atomic E-state index is 0.00363. The van der Waals surface area contributed by atoms with Crippen molar-refractivity contribution in [3.8, 4) is 11.3 Å². The summed E-state index contributed by atoms with van der Waals surface area (Å²) in [4.78, 5) is 15.5. The second-order valence-corrected chi connectivity index (χ2v) is 4.60. The lowest BCUT2D eigenvalue weighted by Gasteiger charge is -2.10. The van der Waals surface area contributed by atoms with Crippen LogP contribution in [-0.4, -0.2) is 15.2 Å². The third kappa shape index (κ3) is 2.53. The molecule has 2 aromatic heterocycles. The molecule has 0 aromatic carbocycles. The molecule has 1 N–H and O–H groups in total. The van der Waals surface area contributed by atoms with Crippen molar-refractivity contribution in [3.63, 3.8) is 0 Å². The Morgan fingerprint density at radius 1 is 1.30 bits per heavy atom. The Bertz CT molecular complexity index is 725. The van der Waals surface area contributed by atoms with E-state index in [4.69, 9.17) is 11.6 Å². The SMILES string of the molecule is Cc1n[nH]c(=O)c(-c2ncc(C(F)(F)F)cc2Cl)c1C. The molecule has 2 rings (SSSR count). The number of aromatic nitrogens is 3. The van der Waals surface area contributed by atoms with Crippen molar-refractivity contribution in [2.45, 2.75) is 20.0 Å². The molecule has 0 saturated heterocycles. The van der Waals surface area contributed by atoms with Crippen LogP contribution in [0.4, 0.5) is 13.2 Å². The number of aryl methyl sites for hydroxylation is 1. The van der Waals surface area contributed by atoms with Crippen molar-refractivity contribution in [2.24, 2.45) is 0 Å². The Labute approximate surface area is 116 Å². The van der Waals surface area contributed by atoms with Crippen LogP contribution in [0, 0.1) is 13.8 Å². The number of halogens is 4. The van der Waals surface area contributed by atoms with E-state index < -0.39 is 17.3 Å². The lowest BCUT2D eigenvalue weighted by molar-refractivity contribution is -0.137. The van der Waals surface area contributed by atoms with Crippen LogP contribution in [0.1, 0.15) is 16.8 Å². The zero-order valence-corrected chi connectivity index (χ0v) is 11.2. The smallest absolute Gasteiger partial charge is 0.267 e. The van der Waals surface area contributed by atoms with Crippen LogP contribution < -0.4 is 5.56 Å². The Kier molecular flexibility index (Phi) is 3.56. The van der Waals surface area contributed by atoms with E-state index >= 15 is 0 Å². The molecule has 0 spiro atoms. The van der Waals surface area contributed by atoms with Gasteiger partial charge in [-0.25, -0.2) is 5.10 Å². The standard InChI is InChI=1S/C12H9ClF3N3O/c1-5-6(2)18-19-11(20)9(5)10-8(13)3-7(4-17-10)12(14,15)16/h3-4H,1-2H3,(H,19,20). The van der Waals surface area contributed by atoms with E-state index in [1.807, 2.05) is 0 Å². The monoisotopic (exact) mass is 303 g/mol. The molecule has 0 aliphatic carbocycles. The molecule has 20 heavy (non-hydrogen) atoms. The molecule has 0 atom stereocenters. The number of nitrogens with zero attached hydrogens (tertiary/aromatic N) is 2. The van der Waals surface area contributed by atoms with E-state index in [9.17, 15) is 18.0 Å². The van der Waals surface area contributed by atoms with Gasteiger partial charge in [-0.15, -0.1) is 0 Å². The highest BCUT2D eigenvalue weighted by Gasteiger charge is 2.32. The molecule has 106 valence electrons. The second-order valence-electron chi connectivity index (χ2n) is 4.19. The summed E-state index contributed by atoms with van der Waals surface area (Å²) < 4.78 is 37.6. The van der Waals surface area contributed by atoms with Crippen LogP contribution in [-0.2, 0) is 6.18 Å². The van der Waals surface area contributed by atoms with Crippen LogP contribution in [0.15, 0.2) is 17.1 Å². The lowest BCUT2D eigenvalue weighted by atomic mass is 10.1. The predicted octanol–water partition coefficient (Wildman–Crippen LogP) is 3.12. The molecule has 0 amide bonds. The number of H-pyrrole nitrogens is 1. The number of hydrogen-bond acceptors (Lipinski definition) is 3. The van der Waals surface area contributed by atoms with Crippen LogP contribution in [0.25, 0.3) is 11.3 Å². The van der Waals surface area contributed by atoms with E-state index in [0.717, 1.165) is 6.07 Å². The Balaban J connectivity index is 2.67. The number of hydrogen-bond donors (Lipinski definition) is 1. The van der Waals surface area contributed by atoms with Gasteiger partial charge < -0.3 is 0 Å². The van der Waals surface area contributed by atoms with E-state index in [0.29, 0.717) is 17.5 Å². The van der Waals surface area contributed by atoms with Crippen molar-refractivity contribution in [1.29, 1.82) is 0 Å². The van der Waals surface area contributed by atoms with Crippen LogP contribution in [0.5, 0.6) is 0 Å². The first-order chi connectivity index (χ1) is 9.21. The van der Waals surface area contributed by atoms with Gasteiger partial charge in [0.05, 0.1) is 27.5 Å². The molecule has 0 fully saturated rings. The van der Waals surface area contributed by atoms with Crippen molar-refractivity contribution in [1.82, 2.24) is 15.2 Å². The minimum Gasteiger partial charge on any atom is -0.267 e. The molecule has 0 bridgehead atoms. The summed E-state index contributed by atoms with van der Waals surface area (Å²) in [5, 5.41) is 5.78. The van der Waals surface area contributed by atoms with Gasteiger partial charge in [-0.1, -0.05) is 11.6 Å². The van der Waals surface area contributed by atoms with E-state index in [1.54, 1.807) is 13.8 Å². The van der Waals surface area contributed by atoms with Crippen molar-refractivity contribution in [2.75, 3.05) is 0 Å². The van der Waals surface area contributed by atoms with E-state index in [1.165, 1.54) is 0 Å². The topological polar surface area (TPSA) is 58.6 Å². The molecule has 2 aromatic rings. The van der Waals surface area contributed by atoms with Gasteiger partial charge in [0.15, 0.2) is 0 Å². The molecule has 4 nitrogen and oxygen atoms in total. The summed E-state index contributed by atoms with van der Waals surface area (Å²) in [5.74, 6) is 0. The summed E-state index contributed by atoms with van der Waals surface area (Å²) in [6.45, 7) is 3.29. The average Bonchev–Trinajstić information content (AvgIpc) is 2.35. The van der Waals surface area contributed by atoms with Crippen LogP contribution in [0.3, 0.4) is 0 Å². The van der Waals surface area contributed by atoms with Crippen LogP contribution in [0.2, 0.25) is 5.02 Å². The summed E-state index contributed by atoms with van der Waals surface area (Å²) in [6.07, 6.45) is -3.89. The van der Waals surface area contributed by atoms with Gasteiger partial charge in [0, 0.05) is 6.20 Å². The van der Waals surface area contributed by atoms with Gasteiger partial charge in [0.25, 0.3) is 5.56 Å². The lowest BCUT2D eigenvalue weighted by Crippen LogP contribution is -2.15. The molecular weight excluding hydrogens is 295 g/mol. The molecule has 0 aliphatic heterocycles. The number of pyridine rings is 1. The minimum atomic E-state index is -4.54. The van der Waals surface area contributed by atoms with E-state index in [-0.39, 0.29) is 16.3 Å². The molecule has 8 heteroatoms. The normalized spacial score (nSPS) is 11.7. The summed E-state index contributed by atoms with van der Waals surface area (Å²) >= 11 is 5.83. The van der Waals surface area contributed by atoms with Gasteiger partial charge in [-0.2, -0.15) is 18.3 Å². The molecular formula is C12H9ClF3N3O. The van der Waals surface area contributed by atoms with Crippen LogP contribution >= 0.6 is 11.6 Å². The second kappa shape index (κ2) is 4.90. The maximum absolute atomic E-state index is 12.5. The zero-order chi connectivity index (χ0) is 15.1. The average molecular weight is 304 g/mol. The van der Waals surface area contributed by atoms with Crippen molar-refractivity contribution in [3.05, 3.63) is 44.5 Å². The predicted molar refractivity (Wildman–Crippen MR) is 67.6 cm³/mol. The summed E-state index contributed by atoms with van der Waals surface area (Å²) in [7, 11) is 0. The largest absolute Gasteiger partial charge is 0.417 e. The number of aromatic amines is 1. The van der Waals surface area contributed by atoms with Crippen molar-refractivity contribution >= 4 is 11.6 Å². The first-order valence-electron chi connectivity index (χ1n) is 5.51. The maximum Gasteiger partial charge on any atom is 0.417 e. The Morgan fingerprint density at radius 2 is 1.95 bits per heavy atom. The molecule has 0 unspecified atom stereocenters. The fourth-order valence-corrected chi connectivity index (χ4v) is 1.95. The number of rotatable bonds is 1. The molecule has 2 heterocycles. The fourth-order valence-electron chi connectivity index (χ4n) is 1.69. The number of alkyl halides is 3. The Hall–Kier alpha value is -1.89. The third-order valence-corrected chi connectivity index (χ3v) is 3.16. The van der Waals surface area contributed by atoms with E-state index in [2.05, 4.69) is 15.2 Å². The molecule has 0 aliphatic rings. The highest BCUT2D eigenvalue weighted by molar-refractivity contribution is 6.33. The Morgan fingerprint density at radius 3 is 2.50 bits per heavy atom. The van der Waals surface area contributed by atoms with Gasteiger partial charge in [-0.3, -0.25) is 9.78 Å². The third-order valence-electron chi connectivity index (χ3n) is 2.88. The fraction of sp³-hybridized carbons (Fsp3) is 0.250. The van der Waals surface area contributed by atoms with Gasteiger partial charge in [0.2, 0.25) is 0 Å². The first-order valence-corrected chi connectivity index (χ1v) is 5.88. The highest BCUT2D eigenvalue weighted by atomic mass is 35.5. The molecule has 0 radical (unpaired) electrons. The maximum atomic E-state index is 12.5. The quantitative estimate of drug-likeness (QED) is 0.880. The van der Waals surface area contributed by atoms with Crippen molar-refractivity contribution < 1.29 is 13.2 Å². The van der Waals surface area contributed by atoms with Gasteiger partial charge >= 0.3 is 6.18 Å². The van der Waals surface area contributed by atoms with Gasteiger partial charge in [0.1, 0.15) is 0 Å².